The molecule has 0 bridgehead atoms. The van der Waals surface area contributed by atoms with Gasteiger partial charge in [0.25, 0.3) is 0 Å². The predicted octanol–water partition coefficient (Wildman–Crippen LogP) is 0.383. The zero-order chi connectivity index (χ0) is 7.56. The Labute approximate surface area is 57.9 Å². The van der Waals surface area contributed by atoms with E-state index >= 15 is 0 Å². The predicted molar refractivity (Wildman–Crippen MR) is 37.6 cm³/mol. The second-order valence-electron chi connectivity index (χ2n) is 1.85. The lowest BCUT2D eigenvalue weighted by molar-refractivity contribution is 0.452. The summed E-state index contributed by atoms with van der Waals surface area (Å²) in [5.41, 5.74) is 2.65. The Morgan fingerprint density at radius 2 is 2.00 bits per heavy atom. The van der Waals surface area contributed by atoms with E-state index in [1.807, 2.05) is 0 Å². The van der Waals surface area contributed by atoms with Crippen LogP contribution in [0.25, 0.3) is 0 Å². The van der Waals surface area contributed by atoms with Crippen LogP contribution in [-0.2, 0) is 0 Å². The molecule has 0 radical (unpaired) electrons. The Morgan fingerprint density at radius 3 is 2.50 bits per heavy atom. The van der Waals surface area contributed by atoms with Gasteiger partial charge >= 0.3 is 0 Å². The third-order valence-electron chi connectivity index (χ3n) is 1.14. The maximum atomic E-state index is 8.99. The Kier molecular flexibility index (Phi) is 1.64. The van der Waals surface area contributed by atoms with Crippen molar-refractivity contribution in [1.29, 1.82) is 0 Å². The van der Waals surface area contributed by atoms with Crippen molar-refractivity contribution in [3.05, 3.63) is 18.2 Å². The number of hydrazine groups is 1. The maximum Gasteiger partial charge on any atom is 0.143 e. The van der Waals surface area contributed by atoms with Gasteiger partial charge in [-0.15, -0.1) is 0 Å². The molecule has 1 aromatic rings. The number of hydrogen-bond acceptors (Lipinski definition) is 4. The van der Waals surface area contributed by atoms with E-state index in [0.717, 1.165) is 0 Å². The minimum Gasteiger partial charge on any atom is -0.508 e. The fourth-order valence-electron chi connectivity index (χ4n) is 0.642. The van der Waals surface area contributed by atoms with Crippen molar-refractivity contribution >= 4 is 5.69 Å². The molecule has 54 valence electrons. The molecule has 0 heterocycles. The SMILES string of the molecule is NNc1ccc(O)cc1O. The topological polar surface area (TPSA) is 78.5 Å². The number of nitrogen functional groups attached to an aromatic ring is 1. The third kappa shape index (κ3) is 1.11. The Hall–Kier alpha value is -1.42. The van der Waals surface area contributed by atoms with Gasteiger partial charge in [-0.05, 0) is 12.1 Å². The number of benzene rings is 1. The highest BCUT2D eigenvalue weighted by Crippen LogP contribution is 2.25. The molecule has 0 aliphatic heterocycles. The van der Waals surface area contributed by atoms with E-state index in [4.69, 9.17) is 16.1 Å². The summed E-state index contributed by atoms with van der Waals surface area (Å²) in [7, 11) is 0. The molecular weight excluding hydrogens is 132 g/mol. The molecule has 0 amide bonds. The van der Waals surface area contributed by atoms with Gasteiger partial charge in [0, 0.05) is 6.07 Å². The van der Waals surface area contributed by atoms with Crippen LogP contribution in [0.5, 0.6) is 11.5 Å². The average molecular weight is 140 g/mol. The van der Waals surface area contributed by atoms with Crippen LogP contribution in [0.2, 0.25) is 0 Å². The number of hydrogen-bond donors (Lipinski definition) is 4. The highest BCUT2D eigenvalue weighted by Gasteiger charge is 1.97. The first-order chi connectivity index (χ1) is 4.74. The van der Waals surface area contributed by atoms with Crippen LogP contribution in [0.1, 0.15) is 0 Å². The second-order valence-corrected chi connectivity index (χ2v) is 1.85. The van der Waals surface area contributed by atoms with E-state index in [2.05, 4.69) is 5.43 Å². The summed E-state index contributed by atoms with van der Waals surface area (Å²) >= 11 is 0. The smallest absolute Gasteiger partial charge is 0.143 e. The summed E-state index contributed by atoms with van der Waals surface area (Å²) in [6.07, 6.45) is 0. The zero-order valence-corrected chi connectivity index (χ0v) is 5.20. The first-order valence-electron chi connectivity index (χ1n) is 2.72. The number of rotatable bonds is 1. The van der Waals surface area contributed by atoms with Crippen molar-refractivity contribution in [1.82, 2.24) is 0 Å². The van der Waals surface area contributed by atoms with Crippen LogP contribution in [0, 0.1) is 0 Å². The van der Waals surface area contributed by atoms with Crippen LogP contribution in [0.4, 0.5) is 5.69 Å². The van der Waals surface area contributed by atoms with Gasteiger partial charge in [-0.3, -0.25) is 5.84 Å². The molecule has 1 rings (SSSR count). The van der Waals surface area contributed by atoms with E-state index in [9.17, 15) is 0 Å². The van der Waals surface area contributed by atoms with Crippen LogP contribution >= 0.6 is 0 Å². The van der Waals surface area contributed by atoms with E-state index in [-0.39, 0.29) is 11.5 Å². The van der Waals surface area contributed by atoms with Gasteiger partial charge in [0.05, 0.1) is 5.69 Å². The molecular formula is C6H8N2O2. The molecule has 0 aliphatic carbocycles. The zero-order valence-electron chi connectivity index (χ0n) is 5.20. The summed E-state index contributed by atoms with van der Waals surface area (Å²) in [5.74, 6) is 4.95. The van der Waals surface area contributed by atoms with Gasteiger partial charge in [0.1, 0.15) is 11.5 Å². The quantitative estimate of drug-likeness (QED) is 0.197. The molecule has 4 heteroatoms. The number of anilines is 1. The molecule has 1 aromatic carbocycles. The summed E-state index contributed by atoms with van der Waals surface area (Å²) in [6, 6.07) is 4.11. The first-order valence-corrected chi connectivity index (χ1v) is 2.72. The van der Waals surface area contributed by atoms with Crippen LogP contribution in [-0.4, -0.2) is 10.2 Å². The number of phenols is 2. The Balaban J connectivity index is 3.07. The standard InChI is InChI=1S/C6H8N2O2/c7-8-5-2-1-4(9)3-6(5)10/h1-3,8-10H,7H2. The molecule has 0 spiro atoms. The van der Waals surface area contributed by atoms with Crippen molar-refractivity contribution < 1.29 is 10.2 Å². The van der Waals surface area contributed by atoms with Gasteiger partial charge < -0.3 is 15.6 Å². The molecule has 4 nitrogen and oxygen atoms in total. The van der Waals surface area contributed by atoms with Crippen molar-refractivity contribution in [2.24, 2.45) is 5.84 Å². The lowest BCUT2D eigenvalue weighted by atomic mass is 10.3. The van der Waals surface area contributed by atoms with Crippen LogP contribution < -0.4 is 11.3 Å². The minimum atomic E-state index is -0.0671. The Morgan fingerprint density at radius 1 is 1.30 bits per heavy atom. The summed E-state index contributed by atoms with van der Waals surface area (Å²) in [4.78, 5) is 0. The molecule has 10 heavy (non-hydrogen) atoms. The van der Waals surface area contributed by atoms with Crippen molar-refractivity contribution in [2.45, 2.75) is 0 Å². The highest BCUT2D eigenvalue weighted by molar-refractivity contribution is 5.57. The van der Waals surface area contributed by atoms with Gasteiger partial charge in [-0.25, -0.2) is 0 Å². The number of aromatic hydroxyl groups is 2. The monoisotopic (exact) mass is 140 g/mol. The van der Waals surface area contributed by atoms with Crippen molar-refractivity contribution in [3.8, 4) is 11.5 Å². The normalized spacial score (nSPS) is 9.30. The number of phenolic OH excluding ortho intramolecular Hbond substituents is 2. The number of nitrogens with one attached hydrogen (secondary N) is 1. The minimum absolute atomic E-state index is 0.0106. The average Bonchev–Trinajstić information content (AvgIpc) is 1.88. The molecule has 0 fully saturated rings. The molecule has 0 atom stereocenters. The highest BCUT2D eigenvalue weighted by atomic mass is 16.3. The molecule has 0 saturated carbocycles. The number of nitrogens with two attached hydrogens (primary N) is 1. The van der Waals surface area contributed by atoms with Gasteiger partial charge in [0.15, 0.2) is 0 Å². The van der Waals surface area contributed by atoms with Crippen LogP contribution in [0.15, 0.2) is 18.2 Å². The molecule has 0 aromatic heterocycles. The van der Waals surface area contributed by atoms with Gasteiger partial charge in [-0.2, -0.15) is 0 Å². The van der Waals surface area contributed by atoms with E-state index in [0.29, 0.717) is 5.69 Å². The van der Waals surface area contributed by atoms with Gasteiger partial charge in [-0.1, -0.05) is 0 Å². The van der Waals surface area contributed by atoms with Gasteiger partial charge in [0.2, 0.25) is 0 Å². The fraction of sp³-hybridized carbons (Fsp3) is 0. The van der Waals surface area contributed by atoms with Crippen molar-refractivity contribution in [2.75, 3.05) is 5.43 Å². The largest absolute Gasteiger partial charge is 0.508 e. The fourth-order valence-corrected chi connectivity index (χ4v) is 0.642. The van der Waals surface area contributed by atoms with Crippen LogP contribution in [0.3, 0.4) is 0 Å². The summed E-state index contributed by atoms with van der Waals surface area (Å²) < 4.78 is 0. The lowest BCUT2D eigenvalue weighted by Gasteiger charge is -2.01. The lowest BCUT2D eigenvalue weighted by Crippen LogP contribution is -2.06. The second kappa shape index (κ2) is 2.45. The van der Waals surface area contributed by atoms with E-state index in [1.54, 1.807) is 0 Å². The molecule has 0 unspecified atom stereocenters. The van der Waals surface area contributed by atoms with E-state index in [1.165, 1.54) is 18.2 Å². The summed E-state index contributed by atoms with van der Waals surface area (Å²) in [6.45, 7) is 0. The third-order valence-corrected chi connectivity index (χ3v) is 1.14. The molecule has 0 saturated heterocycles. The molecule has 5 N–H and O–H groups in total. The molecule has 0 aliphatic rings. The maximum absolute atomic E-state index is 8.99. The Bertz CT molecular complexity index is 237. The first kappa shape index (κ1) is 6.70. The summed E-state index contributed by atoms with van der Waals surface area (Å²) in [5, 5.41) is 17.8. The van der Waals surface area contributed by atoms with Crippen molar-refractivity contribution in [3.63, 3.8) is 0 Å². The van der Waals surface area contributed by atoms with E-state index < -0.39 is 0 Å².